The van der Waals surface area contributed by atoms with Crippen molar-refractivity contribution >= 4 is 0 Å². The Kier molecular flexibility index (Phi) is 5.81. The van der Waals surface area contributed by atoms with Crippen molar-refractivity contribution in [1.82, 2.24) is 10.5 Å². The zero-order valence-electron chi connectivity index (χ0n) is 13.1. The molecule has 0 spiro atoms. The summed E-state index contributed by atoms with van der Waals surface area (Å²) in [5, 5.41) is 7.52. The van der Waals surface area contributed by atoms with E-state index in [-0.39, 0.29) is 0 Å². The van der Waals surface area contributed by atoms with Gasteiger partial charge in [0, 0.05) is 17.7 Å². The first-order chi connectivity index (χ1) is 10.2. The second kappa shape index (κ2) is 7.84. The third kappa shape index (κ3) is 4.33. The van der Waals surface area contributed by atoms with Gasteiger partial charge in [0.2, 0.25) is 0 Å². The molecule has 114 valence electrons. The summed E-state index contributed by atoms with van der Waals surface area (Å²) in [5.41, 5.74) is 2.02. The van der Waals surface area contributed by atoms with Crippen LogP contribution in [0.3, 0.4) is 0 Å². The van der Waals surface area contributed by atoms with Crippen molar-refractivity contribution in [2.45, 2.75) is 46.3 Å². The molecule has 0 saturated heterocycles. The lowest BCUT2D eigenvalue weighted by Crippen LogP contribution is -2.22. The molecule has 0 aliphatic rings. The zero-order valence-corrected chi connectivity index (χ0v) is 13.1. The number of benzene rings is 1. The summed E-state index contributed by atoms with van der Waals surface area (Å²) < 4.78 is 11.0. The smallest absolute Gasteiger partial charge is 0.134 e. The summed E-state index contributed by atoms with van der Waals surface area (Å²) in [6.45, 7) is 7.68. The lowest BCUT2D eigenvalue weighted by atomic mass is 10.0. The van der Waals surface area contributed by atoms with Crippen molar-refractivity contribution in [2.24, 2.45) is 0 Å². The van der Waals surface area contributed by atoms with Crippen molar-refractivity contribution in [3.05, 3.63) is 47.3 Å². The van der Waals surface area contributed by atoms with Gasteiger partial charge in [0.15, 0.2) is 0 Å². The van der Waals surface area contributed by atoms with E-state index in [9.17, 15) is 0 Å². The van der Waals surface area contributed by atoms with E-state index in [2.05, 4.69) is 36.5 Å². The summed E-state index contributed by atoms with van der Waals surface area (Å²) in [4.78, 5) is 0. The van der Waals surface area contributed by atoms with Crippen molar-refractivity contribution in [2.75, 3.05) is 6.54 Å². The van der Waals surface area contributed by atoms with E-state index in [1.807, 2.05) is 25.1 Å². The summed E-state index contributed by atoms with van der Waals surface area (Å²) >= 11 is 0. The fourth-order valence-corrected chi connectivity index (χ4v) is 2.33. The van der Waals surface area contributed by atoms with Gasteiger partial charge in [0.1, 0.15) is 23.8 Å². The Balaban J connectivity index is 2.08. The number of ether oxygens (including phenoxy) is 1. The van der Waals surface area contributed by atoms with Crippen LogP contribution in [0.1, 0.15) is 49.7 Å². The fraction of sp³-hybridized carbons (Fsp3) is 0.471. The first-order valence-corrected chi connectivity index (χ1v) is 7.61. The van der Waals surface area contributed by atoms with Gasteiger partial charge in [-0.05, 0) is 32.4 Å². The van der Waals surface area contributed by atoms with Gasteiger partial charge in [0.25, 0.3) is 0 Å². The molecule has 1 aromatic heterocycles. The van der Waals surface area contributed by atoms with Crippen LogP contribution in [0.15, 0.2) is 34.9 Å². The maximum absolute atomic E-state index is 5.94. The van der Waals surface area contributed by atoms with Crippen molar-refractivity contribution in [3.8, 4) is 5.75 Å². The predicted molar refractivity (Wildman–Crippen MR) is 83.3 cm³/mol. The highest BCUT2D eigenvalue weighted by molar-refractivity contribution is 5.36. The Bertz CT molecular complexity index is 551. The largest absolute Gasteiger partial charge is 0.487 e. The van der Waals surface area contributed by atoms with E-state index in [0.29, 0.717) is 12.6 Å². The van der Waals surface area contributed by atoms with E-state index in [1.165, 1.54) is 5.56 Å². The van der Waals surface area contributed by atoms with Crippen LogP contribution in [0.5, 0.6) is 5.75 Å². The minimum Gasteiger partial charge on any atom is -0.487 e. The number of hydrogen-bond donors (Lipinski definition) is 1. The molecule has 1 atom stereocenters. The van der Waals surface area contributed by atoms with Gasteiger partial charge in [0.05, 0.1) is 0 Å². The number of aromatic nitrogens is 1. The van der Waals surface area contributed by atoms with Crippen LogP contribution in [-0.2, 0) is 6.61 Å². The molecule has 0 fully saturated rings. The normalized spacial score (nSPS) is 12.3. The molecule has 0 aliphatic heterocycles. The zero-order chi connectivity index (χ0) is 15.1. The average molecular weight is 288 g/mol. The predicted octanol–water partition coefficient (Wildman–Crippen LogP) is 4.01. The number of nitrogens with one attached hydrogen (secondary N) is 1. The standard InChI is InChI=1S/C17H24N2O2/c1-4-10-18-16(5-2)15-8-6-7-9-17(15)20-12-14-11-13(3)21-19-14/h6-9,11,16,18H,4-5,10,12H2,1-3H3. The van der Waals surface area contributed by atoms with Gasteiger partial charge >= 0.3 is 0 Å². The summed E-state index contributed by atoms with van der Waals surface area (Å²) in [6.07, 6.45) is 2.15. The Labute approximate surface area is 126 Å². The van der Waals surface area contributed by atoms with Gasteiger partial charge < -0.3 is 14.6 Å². The van der Waals surface area contributed by atoms with Crippen LogP contribution in [0.2, 0.25) is 0 Å². The molecule has 0 bridgehead atoms. The van der Waals surface area contributed by atoms with Crippen LogP contribution < -0.4 is 10.1 Å². The Morgan fingerprint density at radius 3 is 2.76 bits per heavy atom. The van der Waals surface area contributed by atoms with Gasteiger partial charge in [-0.1, -0.05) is 37.2 Å². The van der Waals surface area contributed by atoms with Crippen LogP contribution in [0.25, 0.3) is 0 Å². The Morgan fingerprint density at radius 2 is 2.10 bits per heavy atom. The van der Waals surface area contributed by atoms with Crippen molar-refractivity contribution in [1.29, 1.82) is 0 Å². The third-order valence-corrected chi connectivity index (χ3v) is 3.40. The number of nitrogens with zero attached hydrogens (tertiary/aromatic N) is 1. The SMILES string of the molecule is CCCNC(CC)c1ccccc1OCc1cc(C)on1. The monoisotopic (exact) mass is 288 g/mol. The highest BCUT2D eigenvalue weighted by Crippen LogP contribution is 2.27. The minimum absolute atomic E-state index is 0.320. The average Bonchev–Trinajstić information content (AvgIpc) is 2.92. The molecule has 2 aromatic rings. The van der Waals surface area contributed by atoms with Crippen molar-refractivity contribution < 1.29 is 9.26 Å². The molecule has 1 unspecified atom stereocenters. The molecule has 0 aliphatic carbocycles. The van der Waals surface area contributed by atoms with Gasteiger partial charge in [-0.2, -0.15) is 0 Å². The van der Waals surface area contributed by atoms with E-state index in [4.69, 9.17) is 9.26 Å². The molecule has 1 heterocycles. The number of hydrogen-bond acceptors (Lipinski definition) is 4. The lowest BCUT2D eigenvalue weighted by molar-refractivity contribution is 0.282. The molecule has 0 radical (unpaired) electrons. The Morgan fingerprint density at radius 1 is 1.29 bits per heavy atom. The summed E-state index contributed by atoms with van der Waals surface area (Å²) in [7, 11) is 0. The van der Waals surface area contributed by atoms with E-state index >= 15 is 0 Å². The topological polar surface area (TPSA) is 47.3 Å². The molecule has 0 saturated carbocycles. The lowest BCUT2D eigenvalue weighted by Gasteiger charge is -2.20. The Hall–Kier alpha value is -1.81. The fourth-order valence-electron chi connectivity index (χ4n) is 2.33. The second-order valence-electron chi connectivity index (χ2n) is 5.17. The molecule has 1 aromatic carbocycles. The second-order valence-corrected chi connectivity index (χ2v) is 5.17. The molecule has 4 nitrogen and oxygen atoms in total. The van der Waals surface area contributed by atoms with Crippen LogP contribution in [0.4, 0.5) is 0 Å². The maximum Gasteiger partial charge on any atom is 0.134 e. The van der Waals surface area contributed by atoms with E-state index < -0.39 is 0 Å². The number of aryl methyl sites for hydroxylation is 1. The van der Waals surface area contributed by atoms with E-state index in [0.717, 1.165) is 36.6 Å². The van der Waals surface area contributed by atoms with Gasteiger partial charge in [-0.15, -0.1) is 0 Å². The molecular weight excluding hydrogens is 264 g/mol. The first-order valence-electron chi connectivity index (χ1n) is 7.61. The summed E-state index contributed by atoms with van der Waals surface area (Å²) in [5.74, 6) is 1.71. The number of rotatable bonds is 8. The summed E-state index contributed by atoms with van der Waals surface area (Å²) in [6, 6.07) is 10.4. The van der Waals surface area contributed by atoms with Gasteiger partial charge in [-0.3, -0.25) is 0 Å². The molecule has 21 heavy (non-hydrogen) atoms. The van der Waals surface area contributed by atoms with Crippen LogP contribution in [0, 0.1) is 6.92 Å². The first kappa shape index (κ1) is 15.6. The van der Waals surface area contributed by atoms with Gasteiger partial charge in [-0.25, -0.2) is 0 Å². The molecule has 2 rings (SSSR count). The molecular formula is C17H24N2O2. The minimum atomic E-state index is 0.320. The quantitative estimate of drug-likeness (QED) is 0.797. The van der Waals surface area contributed by atoms with Crippen LogP contribution in [-0.4, -0.2) is 11.7 Å². The number of para-hydroxylation sites is 1. The van der Waals surface area contributed by atoms with Crippen LogP contribution >= 0.6 is 0 Å². The van der Waals surface area contributed by atoms with Crippen molar-refractivity contribution in [3.63, 3.8) is 0 Å². The van der Waals surface area contributed by atoms with E-state index in [1.54, 1.807) is 0 Å². The highest BCUT2D eigenvalue weighted by Gasteiger charge is 2.14. The maximum atomic E-state index is 5.94. The molecule has 4 heteroatoms. The molecule has 0 amide bonds. The molecule has 1 N–H and O–H groups in total. The highest BCUT2D eigenvalue weighted by atomic mass is 16.5. The third-order valence-electron chi connectivity index (χ3n) is 3.40.